The molecule has 0 radical (unpaired) electrons. The molecule has 0 saturated heterocycles. The van der Waals surface area contributed by atoms with Crippen molar-refractivity contribution in [2.24, 2.45) is 0 Å². The zero-order chi connectivity index (χ0) is 12.5. The molecule has 20 heavy (non-hydrogen) atoms. The quantitative estimate of drug-likeness (QED) is 0.707. The number of hydrogen-bond acceptors (Lipinski definition) is 1. The van der Waals surface area contributed by atoms with E-state index in [2.05, 4.69) is 68.4 Å². The van der Waals surface area contributed by atoms with Crippen molar-refractivity contribution in [3.8, 4) is 0 Å². The third kappa shape index (κ3) is 4.21. The second-order valence-corrected chi connectivity index (χ2v) is 6.31. The maximum atomic E-state index is 2.32. The van der Waals surface area contributed by atoms with Gasteiger partial charge in [-0.15, -0.1) is 37.2 Å². The van der Waals surface area contributed by atoms with Gasteiger partial charge in [-0.05, 0) is 0 Å². The van der Waals surface area contributed by atoms with Crippen molar-refractivity contribution < 1.29 is 24.7 Å². The summed E-state index contributed by atoms with van der Waals surface area (Å²) in [5, 5.41) is 0. The molecule has 0 spiro atoms. The summed E-state index contributed by atoms with van der Waals surface area (Å²) in [6.45, 7) is 2.32. The minimum absolute atomic E-state index is 0. The predicted molar refractivity (Wildman–Crippen MR) is 90.0 cm³/mol. The molecule has 1 aliphatic rings. The number of halogens is 3. The summed E-state index contributed by atoms with van der Waals surface area (Å²) in [6.07, 6.45) is 5.71. The first-order chi connectivity index (χ1) is 8.06. The van der Waals surface area contributed by atoms with Crippen LogP contribution in [0.15, 0.2) is 51.3 Å². The molecule has 1 aliphatic carbocycles. The summed E-state index contributed by atoms with van der Waals surface area (Å²) in [7, 11) is 4.32. The van der Waals surface area contributed by atoms with E-state index in [1.165, 1.54) is 35.9 Å². The number of allylic oxidation sites excluding steroid dienone is 2. The molecule has 5 heteroatoms. The summed E-state index contributed by atoms with van der Waals surface area (Å²) in [5.74, 6) is 0. The van der Waals surface area contributed by atoms with Crippen LogP contribution < -0.4 is 0 Å². The number of rotatable bonds is 3. The van der Waals surface area contributed by atoms with Crippen molar-refractivity contribution in [1.82, 2.24) is 4.90 Å². The molecule has 1 aromatic rings. The molecule has 0 aromatic heterocycles. The molecule has 1 atom stereocenters. The molecule has 0 aliphatic heterocycles. The van der Waals surface area contributed by atoms with Crippen LogP contribution in [0.3, 0.4) is 0 Å². The average Bonchev–Trinajstić information content (AvgIpc) is 2.76. The van der Waals surface area contributed by atoms with Crippen molar-refractivity contribution in [3.63, 3.8) is 0 Å². The van der Waals surface area contributed by atoms with Gasteiger partial charge in [-0.2, -0.15) is 0 Å². The van der Waals surface area contributed by atoms with E-state index in [0.29, 0.717) is 0 Å². The van der Waals surface area contributed by atoms with Gasteiger partial charge in [0.1, 0.15) is 0 Å². The molecule has 111 valence electrons. The number of nitrogens with zero attached hydrogens (tertiary/aromatic N) is 1. The molecule has 1 unspecified atom stereocenters. The standard InChI is InChI=1S/C15H18N.3ClH.Zr/c1-15(16(2)3,14-11-7-8-12-14)13-9-5-4-6-10-13;;;;/h4-7,9-11H,8H2,1-3H3;3*1H;. The van der Waals surface area contributed by atoms with Crippen molar-refractivity contribution in [3.05, 3.63) is 56.9 Å². The number of benzene rings is 1. The fourth-order valence-corrected chi connectivity index (χ4v) is 3.47. The minimum Gasteiger partial charge on any atom is -0.147 e. The molecular weight excluding hydrogens is 392 g/mol. The summed E-state index contributed by atoms with van der Waals surface area (Å²) in [6, 6.07) is 10.8. The van der Waals surface area contributed by atoms with Gasteiger partial charge in [-0.3, -0.25) is 0 Å². The van der Waals surface area contributed by atoms with E-state index in [1.54, 1.807) is 3.28 Å². The Labute approximate surface area is 156 Å². The first-order valence-corrected chi connectivity index (χ1v) is 7.14. The second kappa shape index (κ2) is 9.43. The van der Waals surface area contributed by atoms with E-state index in [9.17, 15) is 0 Å². The molecule has 0 bridgehead atoms. The van der Waals surface area contributed by atoms with Crippen molar-refractivity contribution in [1.29, 1.82) is 0 Å². The van der Waals surface area contributed by atoms with Gasteiger partial charge in [-0.25, -0.2) is 0 Å². The van der Waals surface area contributed by atoms with Gasteiger partial charge >= 0.3 is 119 Å². The van der Waals surface area contributed by atoms with E-state index in [-0.39, 0.29) is 42.8 Å². The van der Waals surface area contributed by atoms with Crippen LogP contribution in [0.25, 0.3) is 0 Å². The van der Waals surface area contributed by atoms with Gasteiger partial charge in [0.2, 0.25) is 0 Å². The van der Waals surface area contributed by atoms with E-state index in [0.717, 1.165) is 6.42 Å². The maximum Gasteiger partial charge on any atom is -0.147 e. The van der Waals surface area contributed by atoms with Gasteiger partial charge in [-0.1, -0.05) is 0 Å². The van der Waals surface area contributed by atoms with Gasteiger partial charge in [0, 0.05) is 0 Å². The van der Waals surface area contributed by atoms with Crippen LogP contribution in [0.5, 0.6) is 0 Å². The first-order valence-electron chi connectivity index (χ1n) is 5.91. The largest absolute Gasteiger partial charge is 0.147 e. The summed E-state index contributed by atoms with van der Waals surface area (Å²) in [4.78, 5) is 2.32. The van der Waals surface area contributed by atoms with E-state index in [1.807, 2.05) is 0 Å². The molecule has 0 amide bonds. The van der Waals surface area contributed by atoms with E-state index < -0.39 is 0 Å². The SMILES string of the molecule is CN(C)C(C)(C1=[C]([Zr])CC=C1)c1ccccc1.Cl.Cl.Cl. The molecular formula is C15H21Cl3NZr. The summed E-state index contributed by atoms with van der Waals surface area (Å²) < 4.78 is 1.57. The normalized spacial score (nSPS) is 15.9. The monoisotopic (exact) mass is 410 g/mol. The summed E-state index contributed by atoms with van der Waals surface area (Å²) >= 11 is 1.54. The molecule has 0 saturated carbocycles. The summed E-state index contributed by atoms with van der Waals surface area (Å²) in [5.41, 5.74) is 2.84. The Bertz CT molecular complexity index is 471. The number of hydrogen-bond donors (Lipinski definition) is 0. The molecule has 2 rings (SSSR count). The third-order valence-corrected chi connectivity index (χ3v) is 4.85. The van der Waals surface area contributed by atoms with Gasteiger partial charge < -0.3 is 0 Å². The Morgan fingerprint density at radius 2 is 1.60 bits per heavy atom. The Morgan fingerprint density at radius 1 is 1.05 bits per heavy atom. The average molecular weight is 413 g/mol. The van der Waals surface area contributed by atoms with Crippen molar-refractivity contribution in [2.75, 3.05) is 14.1 Å². The predicted octanol–water partition coefficient (Wildman–Crippen LogP) is 4.49. The Balaban J connectivity index is 0. The smallest absolute Gasteiger partial charge is 0.147 e. The molecule has 1 aromatic carbocycles. The number of likely N-dealkylation sites (N-methyl/N-ethyl adjacent to an activating group) is 1. The zero-order valence-electron chi connectivity index (χ0n) is 11.9. The second-order valence-electron chi connectivity index (χ2n) is 4.83. The molecule has 0 heterocycles. The minimum atomic E-state index is -0.00692. The van der Waals surface area contributed by atoms with E-state index in [4.69, 9.17) is 0 Å². The molecule has 0 N–H and O–H groups in total. The van der Waals surface area contributed by atoms with E-state index >= 15 is 0 Å². The Morgan fingerprint density at radius 3 is 2.00 bits per heavy atom. The zero-order valence-corrected chi connectivity index (χ0v) is 16.8. The van der Waals surface area contributed by atoms with Crippen LogP contribution in [-0.4, -0.2) is 19.0 Å². The fourth-order valence-electron chi connectivity index (χ4n) is 2.38. The van der Waals surface area contributed by atoms with Crippen LogP contribution in [0.1, 0.15) is 18.9 Å². The first kappa shape index (κ1) is 22.7. The topological polar surface area (TPSA) is 3.24 Å². The third-order valence-electron chi connectivity index (χ3n) is 3.69. The van der Waals surface area contributed by atoms with Crippen molar-refractivity contribution in [2.45, 2.75) is 18.9 Å². The van der Waals surface area contributed by atoms with Crippen LogP contribution >= 0.6 is 37.2 Å². The molecule has 1 nitrogen and oxygen atoms in total. The fraction of sp³-hybridized carbons (Fsp3) is 0.333. The Hall–Kier alpha value is 0.413. The van der Waals surface area contributed by atoms with Gasteiger partial charge in [0.25, 0.3) is 0 Å². The van der Waals surface area contributed by atoms with Crippen LogP contribution in [0.2, 0.25) is 0 Å². The van der Waals surface area contributed by atoms with Crippen LogP contribution in [0.4, 0.5) is 0 Å². The maximum absolute atomic E-state index is 2.32. The van der Waals surface area contributed by atoms with Gasteiger partial charge in [0.05, 0.1) is 0 Å². The van der Waals surface area contributed by atoms with Crippen LogP contribution in [-0.2, 0) is 30.3 Å². The molecule has 0 fully saturated rings. The van der Waals surface area contributed by atoms with Crippen molar-refractivity contribution >= 4 is 37.2 Å². The Kier molecular flexibility index (Phi) is 10.7. The van der Waals surface area contributed by atoms with Gasteiger partial charge in [0.15, 0.2) is 0 Å². The van der Waals surface area contributed by atoms with Crippen LogP contribution in [0, 0.1) is 0 Å².